The van der Waals surface area contributed by atoms with E-state index in [9.17, 15) is 4.79 Å². The van der Waals surface area contributed by atoms with Gasteiger partial charge in [-0.2, -0.15) is 0 Å². The van der Waals surface area contributed by atoms with Crippen molar-refractivity contribution in [2.75, 3.05) is 0 Å². The summed E-state index contributed by atoms with van der Waals surface area (Å²) >= 11 is 18.2. The molecular formula is C12H6Cl2N4OS2. The maximum absolute atomic E-state index is 11.6. The lowest BCUT2D eigenvalue weighted by Gasteiger charge is -2.03. The summed E-state index contributed by atoms with van der Waals surface area (Å²) in [7, 11) is 0. The van der Waals surface area contributed by atoms with E-state index >= 15 is 0 Å². The van der Waals surface area contributed by atoms with Crippen molar-refractivity contribution in [3.8, 4) is 5.69 Å². The summed E-state index contributed by atoms with van der Waals surface area (Å²) in [5.74, 6) is -0.236. The summed E-state index contributed by atoms with van der Waals surface area (Å²) in [6.45, 7) is 0. The fraction of sp³-hybridized carbons (Fsp3) is 0. The number of thioether (sulfide) groups is 1. The molecule has 0 radical (unpaired) electrons. The van der Waals surface area contributed by atoms with E-state index in [4.69, 9.17) is 35.4 Å². The number of amides is 1. The van der Waals surface area contributed by atoms with E-state index in [-0.39, 0.29) is 5.91 Å². The molecule has 1 amide bonds. The highest BCUT2D eigenvalue weighted by Crippen LogP contribution is 2.29. The van der Waals surface area contributed by atoms with Crippen LogP contribution in [0.25, 0.3) is 11.8 Å². The van der Waals surface area contributed by atoms with E-state index in [1.807, 2.05) is 0 Å². The fourth-order valence-corrected chi connectivity index (χ4v) is 3.10. The Balaban J connectivity index is 1.94. The van der Waals surface area contributed by atoms with Gasteiger partial charge in [-0.3, -0.25) is 4.79 Å². The minimum atomic E-state index is -0.236. The third-order valence-electron chi connectivity index (χ3n) is 2.61. The molecule has 9 heteroatoms. The molecule has 1 N–H and O–H groups in total. The summed E-state index contributed by atoms with van der Waals surface area (Å²) in [5.41, 5.74) is 1.13. The Morgan fingerprint density at radius 3 is 2.90 bits per heavy atom. The Hall–Kier alpha value is -1.41. The zero-order chi connectivity index (χ0) is 15.0. The van der Waals surface area contributed by atoms with Crippen LogP contribution in [0, 0.1) is 0 Å². The van der Waals surface area contributed by atoms with E-state index in [1.165, 1.54) is 16.4 Å². The Morgan fingerprint density at radius 2 is 2.19 bits per heavy atom. The molecule has 0 bridgehead atoms. The van der Waals surface area contributed by atoms with Crippen LogP contribution in [0.4, 0.5) is 0 Å². The number of thiocarbonyl (C=S) groups is 1. The Labute approximate surface area is 139 Å². The van der Waals surface area contributed by atoms with E-state index in [0.717, 1.165) is 0 Å². The number of carbonyl (C=O) groups is 1. The highest BCUT2D eigenvalue weighted by Gasteiger charge is 2.22. The SMILES string of the molecule is O=C1NC(=S)S/C1=C\c1cn(-c2cccc(Cl)c2Cl)nn1. The zero-order valence-electron chi connectivity index (χ0n) is 10.2. The number of hydrogen-bond acceptors (Lipinski definition) is 5. The second-order valence-electron chi connectivity index (χ2n) is 4.01. The monoisotopic (exact) mass is 356 g/mol. The van der Waals surface area contributed by atoms with Gasteiger partial charge in [0.15, 0.2) is 0 Å². The first-order valence-corrected chi connectivity index (χ1v) is 7.64. The van der Waals surface area contributed by atoms with Gasteiger partial charge in [-0.05, 0) is 18.2 Å². The van der Waals surface area contributed by atoms with Crippen LogP contribution >= 0.6 is 47.2 Å². The van der Waals surface area contributed by atoms with Gasteiger partial charge in [-0.25, -0.2) is 4.68 Å². The van der Waals surface area contributed by atoms with E-state index in [2.05, 4.69) is 15.6 Å². The van der Waals surface area contributed by atoms with Gasteiger partial charge in [0, 0.05) is 0 Å². The highest BCUT2D eigenvalue weighted by molar-refractivity contribution is 8.26. The number of halogens is 2. The molecule has 21 heavy (non-hydrogen) atoms. The third-order valence-corrected chi connectivity index (χ3v) is 4.58. The molecule has 1 aromatic heterocycles. The molecule has 3 rings (SSSR count). The predicted octanol–water partition coefficient (Wildman–Crippen LogP) is 3.06. The summed E-state index contributed by atoms with van der Waals surface area (Å²) in [5, 5.41) is 11.3. The maximum Gasteiger partial charge on any atom is 0.263 e. The van der Waals surface area contributed by atoms with Gasteiger partial charge < -0.3 is 5.32 Å². The van der Waals surface area contributed by atoms with Crippen LogP contribution in [0.3, 0.4) is 0 Å². The molecule has 0 spiro atoms. The van der Waals surface area contributed by atoms with Crippen molar-refractivity contribution in [1.82, 2.24) is 20.3 Å². The van der Waals surface area contributed by atoms with Crippen LogP contribution in [0.15, 0.2) is 29.3 Å². The molecular weight excluding hydrogens is 351 g/mol. The molecule has 1 aromatic carbocycles. The molecule has 0 unspecified atom stereocenters. The van der Waals surface area contributed by atoms with Crippen LogP contribution in [-0.4, -0.2) is 25.2 Å². The molecule has 5 nitrogen and oxygen atoms in total. The minimum absolute atomic E-state index is 0.236. The summed E-state index contributed by atoms with van der Waals surface area (Å²) in [6.07, 6.45) is 3.26. The number of aromatic nitrogens is 3. The number of carbonyl (C=O) groups excluding carboxylic acids is 1. The van der Waals surface area contributed by atoms with Crippen molar-refractivity contribution in [3.05, 3.63) is 45.0 Å². The largest absolute Gasteiger partial charge is 0.307 e. The highest BCUT2D eigenvalue weighted by atomic mass is 35.5. The first-order valence-electron chi connectivity index (χ1n) is 5.66. The number of nitrogens with one attached hydrogen (secondary N) is 1. The minimum Gasteiger partial charge on any atom is -0.307 e. The third kappa shape index (κ3) is 2.96. The van der Waals surface area contributed by atoms with Crippen LogP contribution < -0.4 is 5.32 Å². The van der Waals surface area contributed by atoms with Crippen molar-refractivity contribution in [2.24, 2.45) is 0 Å². The van der Waals surface area contributed by atoms with Crippen LogP contribution in [0.1, 0.15) is 5.69 Å². The average Bonchev–Trinajstić information content (AvgIpc) is 3.01. The van der Waals surface area contributed by atoms with E-state index in [0.29, 0.717) is 30.7 Å². The second-order valence-corrected chi connectivity index (χ2v) is 6.52. The van der Waals surface area contributed by atoms with Crippen molar-refractivity contribution in [2.45, 2.75) is 0 Å². The average molecular weight is 357 g/mol. The van der Waals surface area contributed by atoms with Gasteiger partial charge in [0.25, 0.3) is 5.91 Å². The summed E-state index contributed by atoms with van der Waals surface area (Å²) in [6, 6.07) is 5.22. The Morgan fingerprint density at radius 1 is 1.38 bits per heavy atom. The van der Waals surface area contributed by atoms with E-state index < -0.39 is 0 Å². The predicted molar refractivity (Wildman–Crippen MR) is 87.7 cm³/mol. The van der Waals surface area contributed by atoms with Gasteiger partial charge in [0.1, 0.15) is 10.0 Å². The lowest BCUT2D eigenvalue weighted by molar-refractivity contribution is -0.115. The molecule has 1 fully saturated rings. The van der Waals surface area contributed by atoms with Crippen LogP contribution in [0.5, 0.6) is 0 Å². The normalized spacial score (nSPS) is 16.6. The van der Waals surface area contributed by atoms with Gasteiger partial charge in [-0.1, -0.05) is 58.5 Å². The standard InChI is InChI=1S/C12H6Cl2N4OS2/c13-7-2-1-3-8(10(7)14)18-5-6(16-17-18)4-9-11(19)15-12(20)21-9/h1-5H,(H,15,19,20)/b9-4-. The molecule has 1 saturated heterocycles. The fourth-order valence-electron chi connectivity index (χ4n) is 1.69. The van der Waals surface area contributed by atoms with Gasteiger partial charge in [-0.15, -0.1) is 5.10 Å². The van der Waals surface area contributed by atoms with Crippen molar-refractivity contribution in [1.29, 1.82) is 0 Å². The summed E-state index contributed by atoms with van der Waals surface area (Å²) < 4.78 is 1.92. The molecule has 2 heterocycles. The van der Waals surface area contributed by atoms with Gasteiger partial charge in [0.05, 0.1) is 26.8 Å². The van der Waals surface area contributed by atoms with Crippen LogP contribution in [0.2, 0.25) is 10.0 Å². The molecule has 1 aliphatic rings. The van der Waals surface area contributed by atoms with Crippen molar-refractivity contribution < 1.29 is 4.79 Å². The molecule has 0 aliphatic carbocycles. The van der Waals surface area contributed by atoms with Crippen molar-refractivity contribution in [3.63, 3.8) is 0 Å². The van der Waals surface area contributed by atoms with Crippen molar-refractivity contribution >= 4 is 63.5 Å². The smallest absolute Gasteiger partial charge is 0.263 e. The van der Waals surface area contributed by atoms with Gasteiger partial charge in [0.2, 0.25) is 0 Å². The molecule has 2 aromatic rings. The topological polar surface area (TPSA) is 59.8 Å². The maximum atomic E-state index is 11.6. The number of rotatable bonds is 2. The van der Waals surface area contributed by atoms with Gasteiger partial charge >= 0.3 is 0 Å². The lowest BCUT2D eigenvalue weighted by atomic mass is 10.3. The molecule has 0 saturated carbocycles. The van der Waals surface area contributed by atoms with E-state index in [1.54, 1.807) is 30.5 Å². The molecule has 1 aliphatic heterocycles. The first-order chi connectivity index (χ1) is 10.0. The number of benzene rings is 1. The number of nitrogens with zero attached hydrogens (tertiary/aromatic N) is 3. The number of hydrogen-bond donors (Lipinski definition) is 1. The lowest BCUT2D eigenvalue weighted by Crippen LogP contribution is -2.17. The molecule has 106 valence electrons. The first kappa shape index (κ1) is 14.5. The zero-order valence-corrected chi connectivity index (χ0v) is 13.4. The Bertz CT molecular complexity index is 787. The second kappa shape index (κ2) is 5.76. The van der Waals surface area contributed by atoms with Crippen LogP contribution in [-0.2, 0) is 4.79 Å². The quantitative estimate of drug-likeness (QED) is 0.661. The molecule has 0 atom stereocenters. The summed E-state index contributed by atoms with van der Waals surface area (Å²) in [4.78, 5) is 12.1. The Kier molecular flexibility index (Phi) is 3.99.